The molecule has 0 aromatic heterocycles. The molecule has 2 unspecified atom stereocenters. The molecular formula is C20H23NO2. The zero-order valence-corrected chi connectivity index (χ0v) is 13.3. The molecule has 1 aliphatic carbocycles. The molecule has 0 saturated heterocycles. The minimum absolute atomic E-state index is 0.130. The second-order valence-electron chi connectivity index (χ2n) is 6.54. The van der Waals surface area contributed by atoms with E-state index in [2.05, 4.69) is 41.7 Å². The predicted octanol–water partition coefficient (Wildman–Crippen LogP) is 2.80. The predicted molar refractivity (Wildman–Crippen MR) is 90.9 cm³/mol. The summed E-state index contributed by atoms with van der Waals surface area (Å²) in [5.74, 6) is 0.965. The average molecular weight is 309 g/mol. The molecule has 0 radical (unpaired) electrons. The maximum Gasteiger partial charge on any atom is 0.123 e. The molecule has 3 heteroatoms. The number of rotatable bonds is 4. The highest BCUT2D eigenvalue weighted by Crippen LogP contribution is 2.36. The van der Waals surface area contributed by atoms with Crippen molar-refractivity contribution in [3.8, 4) is 5.75 Å². The van der Waals surface area contributed by atoms with Crippen LogP contribution in [-0.4, -0.2) is 24.3 Å². The highest BCUT2D eigenvalue weighted by atomic mass is 16.5. The highest BCUT2D eigenvalue weighted by molar-refractivity contribution is 5.47. The van der Waals surface area contributed by atoms with Crippen LogP contribution in [0.2, 0.25) is 0 Å². The fraction of sp³-hybridized carbons (Fsp3) is 0.400. The van der Waals surface area contributed by atoms with Crippen LogP contribution in [-0.2, 0) is 19.3 Å². The molecule has 2 aliphatic rings. The molecule has 0 amide bonds. The van der Waals surface area contributed by atoms with Crippen LogP contribution in [0.4, 0.5) is 0 Å². The number of hydrogen-bond donors (Lipinski definition) is 2. The monoisotopic (exact) mass is 309 g/mol. The lowest BCUT2D eigenvalue weighted by Crippen LogP contribution is -2.39. The van der Waals surface area contributed by atoms with Crippen LogP contribution in [0.5, 0.6) is 5.75 Å². The number of fused-ring (bicyclic) bond motifs is 2. The molecule has 1 heterocycles. The summed E-state index contributed by atoms with van der Waals surface area (Å²) in [6, 6.07) is 14.9. The molecule has 0 bridgehead atoms. The Morgan fingerprint density at radius 2 is 1.96 bits per heavy atom. The van der Waals surface area contributed by atoms with Gasteiger partial charge in [-0.15, -0.1) is 0 Å². The van der Waals surface area contributed by atoms with Crippen molar-refractivity contribution in [2.75, 3.05) is 13.2 Å². The van der Waals surface area contributed by atoms with Gasteiger partial charge in [0.25, 0.3) is 0 Å². The molecule has 1 aliphatic heterocycles. The third-order valence-corrected chi connectivity index (χ3v) is 5.04. The smallest absolute Gasteiger partial charge is 0.123 e. The Kier molecular flexibility index (Phi) is 4.06. The molecule has 0 saturated carbocycles. The average Bonchev–Trinajstić information content (AvgIpc) is 3.04. The lowest BCUT2D eigenvalue weighted by atomic mass is 9.84. The lowest BCUT2D eigenvalue weighted by molar-refractivity contribution is 0.115. The van der Waals surface area contributed by atoms with E-state index in [1.165, 1.54) is 16.7 Å². The quantitative estimate of drug-likeness (QED) is 0.912. The molecule has 2 aromatic rings. The number of aryl methyl sites for hydroxylation is 1. The van der Waals surface area contributed by atoms with Gasteiger partial charge in [-0.05, 0) is 54.1 Å². The Labute approximate surface area is 137 Å². The zero-order chi connectivity index (χ0) is 15.6. The minimum Gasteiger partial charge on any atom is -0.493 e. The van der Waals surface area contributed by atoms with Crippen LogP contribution in [0.15, 0.2) is 42.5 Å². The van der Waals surface area contributed by atoms with Gasteiger partial charge in [0, 0.05) is 12.5 Å². The van der Waals surface area contributed by atoms with Gasteiger partial charge in [-0.3, -0.25) is 0 Å². The van der Waals surface area contributed by atoms with Crippen molar-refractivity contribution in [1.82, 2.24) is 5.32 Å². The van der Waals surface area contributed by atoms with E-state index in [9.17, 15) is 5.11 Å². The summed E-state index contributed by atoms with van der Waals surface area (Å²) in [6.45, 7) is 1.66. The van der Waals surface area contributed by atoms with Crippen molar-refractivity contribution >= 4 is 0 Å². The second kappa shape index (κ2) is 6.34. The summed E-state index contributed by atoms with van der Waals surface area (Å²) in [5, 5.41) is 14.3. The number of nitrogens with one attached hydrogen (secondary N) is 1. The van der Waals surface area contributed by atoms with E-state index in [0.29, 0.717) is 0 Å². The maximum atomic E-state index is 10.7. The molecule has 2 N–H and O–H groups in total. The summed E-state index contributed by atoms with van der Waals surface area (Å²) in [7, 11) is 0. The molecular weight excluding hydrogens is 286 g/mol. The van der Waals surface area contributed by atoms with E-state index in [0.717, 1.165) is 50.1 Å². The Hall–Kier alpha value is -1.84. The lowest BCUT2D eigenvalue weighted by Gasteiger charge is -2.31. The summed E-state index contributed by atoms with van der Waals surface area (Å²) < 4.78 is 5.66. The number of hydrogen-bond acceptors (Lipinski definition) is 3. The topological polar surface area (TPSA) is 41.5 Å². The van der Waals surface area contributed by atoms with Crippen molar-refractivity contribution in [3.63, 3.8) is 0 Å². The van der Waals surface area contributed by atoms with E-state index in [-0.39, 0.29) is 6.04 Å². The second-order valence-corrected chi connectivity index (χ2v) is 6.54. The number of aliphatic hydroxyl groups excluding tert-OH is 1. The van der Waals surface area contributed by atoms with Gasteiger partial charge < -0.3 is 15.2 Å². The number of aliphatic hydroxyl groups is 1. The van der Waals surface area contributed by atoms with Crippen molar-refractivity contribution < 1.29 is 9.84 Å². The third kappa shape index (κ3) is 2.99. The first-order valence-electron chi connectivity index (χ1n) is 8.55. The first-order valence-corrected chi connectivity index (χ1v) is 8.55. The number of ether oxygens (including phenoxy) is 1. The fourth-order valence-electron chi connectivity index (χ4n) is 3.73. The Bertz CT molecular complexity index is 684. The molecule has 23 heavy (non-hydrogen) atoms. The van der Waals surface area contributed by atoms with Crippen molar-refractivity contribution in [3.05, 3.63) is 64.7 Å². The summed E-state index contributed by atoms with van der Waals surface area (Å²) >= 11 is 0. The maximum absolute atomic E-state index is 10.7. The van der Waals surface area contributed by atoms with Crippen LogP contribution in [0.1, 0.15) is 34.8 Å². The van der Waals surface area contributed by atoms with Crippen LogP contribution < -0.4 is 10.1 Å². The van der Waals surface area contributed by atoms with Crippen LogP contribution >= 0.6 is 0 Å². The van der Waals surface area contributed by atoms with E-state index in [4.69, 9.17) is 4.74 Å². The van der Waals surface area contributed by atoms with E-state index in [1.807, 2.05) is 6.07 Å². The van der Waals surface area contributed by atoms with Crippen LogP contribution in [0.3, 0.4) is 0 Å². The molecule has 0 fully saturated rings. The van der Waals surface area contributed by atoms with E-state index < -0.39 is 6.10 Å². The Morgan fingerprint density at radius 1 is 1.09 bits per heavy atom. The van der Waals surface area contributed by atoms with Gasteiger partial charge >= 0.3 is 0 Å². The first kappa shape index (κ1) is 14.7. The fourth-order valence-corrected chi connectivity index (χ4v) is 3.73. The number of benzene rings is 2. The van der Waals surface area contributed by atoms with Gasteiger partial charge in [0.2, 0.25) is 0 Å². The van der Waals surface area contributed by atoms with Gasteiger partial charge in [-0.2, -0.15) is 0 Å². The SMILES string of the molecule is OC1c2cc3c(cc2CCC1NCCc1ccccc1)CCO3. The van der Waals surface area contributed by atoms with Gasteiger partial charge in [0.15, 0.2) is 0 Å². The Balaban J connectivity index is 1.42. The molecule has 3 nitrogen and oxygen atoms in total. The first-order chi connectivity index (χ1) is 11.3. The van der Waals surface area contributed by atoms with E-state index in [1.54, 1.807) is 0 Å². The standard InChI is InChI=1S/C20H23NO2/c22-20-17-13-19-16(9-11-23-19)12-15(17)6-7-18(20)21-10-8-14-4-2-1-3-5-14/h1-5,12-13,18,20-22H,6-11H2. The molecule has 2 aromatic carbocycles. The van der Waals surface area contributed by atoms with Gasteiger partial charge in [-0.25, -0.2) is 0 Å². The largest absolute Gasteiger partial charge is 0.493 e. The summed E-state index contributed by atoms with van der Waals surface area (Å²) in [4.78, 5) is 0. The van der Waals surface area contributed by atoms with Crippen molar-refractivity contribution in [2.24, 2.45) is 0 Å². The van der Waals surface area contributed by atoms with Gasteiger partial charge in [0.1, 0.15) is 5.75 Å². The van der Waals surface area contributed by atoms with Crippen LogP contribution in [0, 0.1) is 0 Å². The summed E-state index contributed by atoms with van der Waals surface area (Å²) in [5.41, 5.74) is 4.97. The summed E-state index contributed by atoms with van der Waals surface area (Å²) in [6.07, 6.45) is 3.57. The van der Waals surface area contributed by atoms with E-state index >= 15 is 0 Å². The molecule has 120 valence electrons. The van der Waals surface area contributed by atoms with Gasteiger partial charge in [-0.1, -0.05) is 36.4 Å². The molecule has 2 atom stereocenters. The highest BCUT2D eigenvalue weighted by Gasteiger charge is 2.29. The normalized spacial score (nSPS) is 22.3. The molecule has 4 rings (SSSR count). The third-order valence-electron chi connectivity index (χ3n) is 5.04. The van der Waals surface area contributed by atoms with Crippen molar-refractivity contribution in [2.45, 2.75) is 37.8 Å². The Morgan fingerprint density at radius 3 is 2.83 bits per heavy atom. The van der Waals surface area contributed by atoms with Crippen LogP contribution in [0.25, 0.3) is 0 Å². The van der Waals surface area contributed by atoms with Crippen molar-refractivity contribution in [1.29, 1.82) is 0 Å². The minimum atomic E-state index is -0.441. The van der Waals surface area contributed by atoms with Gasteiger partial charge in [0.05, 0.1) is 12.7 Å². The zero-order valence-electron chi connectivity index (χ0n) is 13.3. The molecule has 0 spiro atoms.